The minimum Gasteiger partial charge on any atom is -0.395 e. The smallest absolute Gasteiger partial charge is 0.158 e. The minimum absolute atomic E-state index is 0.116. The average molecular weight is 296 g/mol. The molecule has 0 saturated heterocycles. The van der Waals surface area contributed by atoms with Gasteiger partial charge in [0.25, 0.3) is 0 Å². The molecule has 1 heterocycles. The molecule has 0 aliphatic carbocycles. The molecule has 0 atom stereocenters. The number of anilines is 2. The number of nitrogens with one attached hydrogen (secondary N) is 1. The molecule has 21 heavy (non-hydrogen) atoms. The quantitative estimate of drug-likeness (QED) is 0.651. The first-order valence-corrected chi connectivity index (χ1v) is 7.80. The third kappa shape index (κ3) is 6.27. The molecule has 0 aromatic carbocycles. The highest BCUT2D eigenvalue weighted by atomic mass is 16.5. The van der Waals surface area contributed by atoms with Crippen molar-refractivity contribution in [3.8, 4) is 0 Å². The summed E-state index contributed by atoms with van der Waals surface area (Å²) in [6, 6.07) is 1.93. The Hall–Kier alpha value is -1.40. The number of hydrogen-bond acceptors (Lipinski definition) is 6. The number of nitrogens with zero attached hydrogens (tertiary/aromatic N) is 3. The van der Waals surface area contributed by atoms with E-state index < -0.39 is 0 Å². The van der Waals surface area contributed by atoms with Crippen LogP contribution in [0.4, 0.5) is 11.6 Å². The number of rotatable bonds is 11. The fourth-order valence-corrected chi connectivity index (χ4v) is 1.99. The van der Waals surface area contributed by atoms with Crippen LogP contribution in [-0.2, 0) is 11.3 Å². The van der Waals surface area contributed by atoms with Crippen LogP contribution >= 0.6 is 0 Å². The van der Waals surface area contributed by atoms with E-state index in [1.165, 1.54) is 0 Å². The highest BCUT2D eigenvalue weighted by Gasteiger charge is 2.11. The van der Waals surface area contributed by atoms with Crippen LogP contribution in [0.25, 0.3) is 0 Å². The molecule has 0 radical (unpaired) electrons. The maximum atomic E-state index is 9.26. The van der Waals surface area contributed by atoms with Crippen molar-refractivity contribution >= 4 is 11.6 Å². The summed E-state index contributed by atoms with van der Waals surface area (Å²) in [5.41, 5.74) is 0. The predicted octanol–water partition coefficient (Wildman–Crippen LogP) is 2.04. The Kier molecular flexibility index (Phi) is 8.69. The standard InChI is InChI=1S/C15H28N4O2/c1-4-7-8-19(9-10-20)15-11-13(16-5-2)17-14(18-15)12-21-6-3/h11,20H,4-10,12H2,1-3H3,(H,16,17,18). The molecule has 0 aliphatic heterocycles. The van der Waals surface area contributed by atoms with Crippen LogP contribution in [0.5, 0.6) is 0 Å². The molecular weight excluding hydrogens is 268 g/mol. The van der Waals surface area contributed by atoms with Gasteiger partial charge in [0.2, 0.25) is 0 Å². The lowest BCUT2D eigenvalue weighted by molar-refractivity contribution is 0.128. The maximum Gasteiger partial charge on any atom is 0.158 e. The van der Waals surface area contributed by atoms with E-state index in [1.54, 1.807) is 0 Å². The molecule has 120 valence electrons. The molecule has 1 aromatic heterocycles. The normalized spacial score (nSPS) is 10.7. The van der Waals surface area contributed by atoms with Crippen LogP contribution < -0.4 is 10.2 Å². The van der Waals surface area contributed by atoms with Crippen molar-refractivity contribution in [3.05, 3.63) is 11.9 Å². The van der Waals surface area contributed by atoms with Gasteiger partial charge in [-0.1, -0.05) is 13.3 Å². The van der Waals surface area contributed by atoms with Crippen LogP contribution in [-0.4, -0.2) is 47.9 Å². The highest BCUT2D eigenvalue weighted by molar-refractivity contribution is 5.49. The highest BCUT2D eigenvalue weighted by Crippen LogP contribution is 2.17. The summed E-state index contributed by atoms with van der Waals surface area (Å²) in [7, 11) is 0. The van der Waals surface area contributed by atoms with E-state index in [0.29, 0.717) is 25.6 Å². The molecule has 6 nitrogen and oxygen atoms in total. The zero-order valence-electron chi connectivity index (χ0n) is 13.4. The molecule has 0 saturated carbocycles. The van der Waals surface area contributed by atoms with E-state index in [2.05, 4.69) is 27.1 Å². The molecule has 0 unspecified atom stereocenters. The van der Waals surface area contributed by atoms with Crippen molar-refractivity contribution in [1.29, 1.82) is 0 Å². The van der Waals surface area contributed by atoms with Gasteiger partial charge in [0.05, 0.1) is 6.61 Å². The second kappa shape index (κ2) is 10.3. The number of ether oxygens (including phenoxy) is 1. The monoisotopic (exact) mass is 296 g/mol. The minimum atomic E-state index is 0.116. The Bertz CT molecular complexity index is 401. The molecule has 0 spiro atoms. The molecule has 0 fully saturated rings. The van der Waals surface area contributed by atoms with Crippen LogP contribution in [0.3, 0.4) is 0 Å². The van der Waals surface area contributed by atoms with E-state index in [1.807, 2.05) is 19.9 Å². The van der Waals surface area contributed by atoms with Crippen molar-refractivity contribution < 1.29 is 9.84 Å². The SMILES string of the molecule is CCCCN(CCO)c1cc(NCC)nc(COCC)n1. The van der Waals surface area contributed by atoms with E-state index in [-0.39, 0.29) is 6.61 Å². The van der Waals surface area contributed by atoms with E-state index >= 15 is 0 Å². The first-order valence-electron chi connectivity index (χ1n) is 7.80. The lowest BCUT2D eigenvalue weighted by Gasteiger charge is -2.23. The van der Waals surface area contributed by atoms with Crippen LogP contribution in [0.15, 0.2) is 6.07 Å². The van der Waals surface area contributed by atoms with Gasteiger partial charge < -0.3 is 20.1 Å². The van der Waals surface area contributed by atoms with Gasteiger partial charge in [-0.2, -0.15) is 0 Å². The summed E-state index contributed by atoms with van der Waals surface area (Å²) in [6.07, 6.45) is 2.18. The number of hydrogen-bond donors (Lipinski definition) is 2. The van der Waals surface area contributed by atoms with Gasteiger partial charge in [-0.15, -0.1) is 0 Å². The number of unbranched alkanes of at least 4 members (excludes halogenated alkanes) is 1. The fourth-order valence-electron chi connectivity index (χ4n) is 1.99. The summed E-state index contributed by atoms with van der Waals surface area (Å²) >= 11 is 0. The van der Waals surface area contributed by atoms with E-state index in [4.69, 9.17) is 4.74 Å². The number of aliphatic hydroxyl groups excluding tert-OH is 1. The average Bonchev–Trinajstić information content (AvgIpc) is 2.49. The van der Waals surface area contributed by atoms with Crippen molar-refractivity contribution in [2.75, 3.05) is 43.1 Å². The van der Waals surface area contributed by atoms with Crippen LogP contribution in [0.2, 0.25) is 0 Å². The summed E-state index contributed by atoms with van der Waals surface area (Å²) < 4.78 is 5.41. The molecule has 6 heteroatoms. The zero-order chi connectivity index (χ0) is 15.5. The first-order chi connectivity index (χ1) is 10.2. The second-order valence-corrected chi connectivity index (χ2v) is 4.76. The van der Waals surface area contributed by atoms with Crippen LogP contribution in [0.1, 0.15) is 39.4 Å². The first kappa shape index (κ1) is 17.7. The van der Waals surface area contributed by atoms with Gasteiger partial charge in [0.1, 0.15) is 18.2 Å². The molecule has 0 amide bonds. The van der Waals surface area contributed by atoms with Gasteiger partial charge in [0, 0.05) is 32.3 Å². The molecular formula is C15H28N4O2. The summed E-state index contributed by atoms with van der Waals surface area (Å²) in [6.45, 7) is 9.57. The maximum absolute atomic E-state index is 9.26. The predicted molar refractivity (Wildman–Crippen MR) is 85.7 cm³/mol. The Labute approximate surface area is 127 Å². The molecule has 1 rings (SSSR count). The summed E-state index contributed by atoms with van der Waals surface area (Å²) in [5.74, 6) is 2.32. The van der Waals surface area contributed by atoms with Crippen molar-refractivity contribution in [2.24, 2.45) is 0 Å². The molecule has 2 N–H and O–H groups in total. The Morgan fingerprint density at radius 1 is 1.24 bits per heavy atom. The van der Waals surface area contributed by atoms with Crippen LogP contribution in [0, 0.1) is 0 Å². The van der Waals surface area contributed by atoms with Crippen molar-refractivity contribution in [3.63, 3.8) is 0 Å². The van der Waals surface area contributed by atoms with E-state index in [9.17, 15) is 5.11 Å². The number of aromatic nitrogens is 2. The van der Waals surface area contributed by atoms with Gasteiger partial charge in [-0.05, 0) is 20.3 Å². The van der Waals surface area contributed by atoms with Crippen molar-refractivity contribution in [2.45, 2.75) is 40.2 Å². The molecule has 0 aliphatic rings. The lowest BCUT2D eigenvalue weighted by Crippen LogP contribution is -2.29. The Balaban J connectivity index is 2.96. The summed E-state index contributed by atoms with van der Waals surface area (Å²) in [5, 5.41) is 12.5. The van der Waals surface area contributed by atoms with Gasteiger partial charge in [0.15, 0.2) is 5.82 Å². The largest absolute Gasteiger partial charge is 0.395 e. The zero-order valence-corrected chi connectivity index (χ0v) is 13.4. The molecule has 0 bridgehead atoms. The number of aliphatic hydroxyl groups is 1. The van der Waals surface area contributed by atoms with Gasteiger partial charge in [-0.3, -0.25) is 0 Å². The third-order valence-corrected chi connectivity index (χ3v) is 3.03. The molecule has 1 aromatic rings. The topological polar surface area (TPSA) is 70.5 Å². The lowest BCUT2D eigenvalue weighted by atomic mass is 10.3. The Morgan fingerprint density at radius 3 is 2.67 bits per heavy atom. The third-order valence-electron chi connectivity index (χ3n) is 3.03. The van der Waals surface area contributed by atoms with Gasteiger partial charge in [-0.25, -0.2) is 9.97 Å². The second-order valence-electron chi connectivity index (χ2n) is 4.76. The Morgan fingerprint density at radius 2 is 2.05 bits per heavy atom. The fraction of sp³-hybridized carbons (Fsp3) is 0.733. The van der Waals surface area contributed by atoms with Gasteiger partial charge >= 0.3 is 0 Å². The summed E-state index contributed by atoms with van der Waals surface area (Å²) in [4.78, 5) is 11.1. The van der Waals surface area contributed by atoms with Crippen molar-refractivity contribution in [1.82, 2.24) is 9.97 Å². The van der Waals surface area contributed by atoms with E-state index in [0.717, 1.165) is 37.6 Å².